The number of nitrogens with one attached hydrogen (secondary N) is 1. The topological polar surface area (TPSA) is 29.9 Å². The summed E-state index contributed by atoms with van der Waals surface area (Å²) in [6, 6.07) is 8.21. The molecule has 0 aliphatic rings. The predicted molar refractivity (Wildman–Crippen MR) is 70.4 cm³/mol. The second kappa shape index (κ2) is 4.22. The molecule has 1 heterocycles. The van der Waals surface area contributed by atoms with Gasteiger partial charge in [0.25, 0.3) is 0 Å². The molecule has 2 aromatic rings. The lowest BCUT2D eigenvalue weighted by atomic mass is 10.3. The molecule has 4 heteroatoms. The van der Waals surface area contributed by atoms with Gasteiger partial charge in [-0.2, -0.15) is 0 Å². The van der Waals surface area contributed by atoms with Crippen LogP contribution in [0.5, 0.6) is 0 Å². The van der Waals surface area contributed by atoms with E-state index in [2.05, 4.69) is 45.0 Å². The van der Waals surface area contributed by atoms with Crippen molar-refractivity contribution in [3.05, 3.63) is 39.7 Å². The van der Waals surface area contributed by atoms with Crippen LogP contribution in [0.25, 0.3) is 0 Å². The second-order valence-electron chi connectivity index (χ2n) is 3.45. The summed E-state index contributed by atoms with van der Waals surface area (Å²) < 4.78 is 3.19. The van der Waals surface area contributed by atoms with Crippen LogP contribution >= 0.6 is 22.6 Å². The molecule has 0 bridgehead atoms. The van der Waals surface area contributed by atoms with Gasteiger partial charge in [-0.05, 0) is 47.7 Å². The highest BCUT2D eigenvalue weighted by atomic mass is 127. The number of hydrogen-bond acceptors (Lipinski definition) is 2. The zero-order chi connectivity index (χ0) is 10.8. The van der Waals surface area contributed by atoms with E-state index in [1.807, 2.05) is 36.9 Å². The molecule has 78 valence electrons. The van der Waals surface area contributed by atoms with Crippen LogP contribution in [0, 0.1) is 10.5 Å². The SMILES string of the molecule is Cc1cn(C)c(Nc2cccc(I)c2)n1. The molecule has 0 spiro atoms. The van der Waals surface area contributed by atoms with Crippen LogP contribution in [0.4, 0.5) is 11.6 Å². The number of benzene rings is 1. The van der Waals surface area contributed by atoms with Crippen LogP contribution in [-0.4, -0.2) is 9.55 Å². The van der Waals surface area contributed by atoms with E-state index in [4.69, 9.17) is 0 Å². The monoisotopic (exact) mass is 313 g/mol. The van der Waals surface area contributed by atoms with Gasteiger partial charge in [0.15, 0.2) is 0 Å². The number of imidazole rings is 1. The number of aryl methyl sites for hydroxylation is 2. The molecule has 0 atom stereocenters. The third-order valence-corrected chi connectivity index (χ3v) is 2.75. The average molecular weight is 313 g/mol. The summed E-state index contributed by atoms with van der Waals surface area (Å²) in [5.74, 6) is 0.870. The maximum Gasteiger partial charge on any atom is 0.207 e. The first-order valence-corrected chi connectivity index (χ1v) is 5.75. The van der Waals surface area contributed by atoms with E-state index in [0.717, 1.165) is 17.3 Å². The summed E-state index contributed by atoms with van der Waals surface area (Å²) in [5.41, 5.74) is 2.08. The number of anilines is 2. The summed E-state index contributed by atoms with van der Waals surface area (Å²) in [6.07, 6.45) is 2.00. The van der Waals surface area contributed by atoms with Gasteiger partial charge in [-0.1, -0.05) is 6.07 Å². The summed E-state index contributed by atoms with van der Waals surface area (Å²) in [5, 5.41) is 3.28. The van der Waals surface area contributed by atoms with Crippen LogP contribution in [0.15, 0.2) is 30.5 Å². The van der Waals surface area contributed by atoms with E-state index in [0.29, 0.717) is 0 Å². The van der Waals surface area contributed by atoms with Crippen molar-refractivity contribution in [1.29, 1.82) is 0 Å². The van der Waals surface area contributed by atoms with Gasteiger partial charge in [0, 0.05) is 22.5 Å². The Balaban J connectivity index is 2.25. The van der Waals surface area contributed by atoms with Crippen molar-refractivity contribution in [3.63, 3.8) is 0 Å². The smallest absolute Gasteiger partial charge is 0.207 e. The molecule has 0 unspecified atom stereocenters. The predicted octanol–water partition coefficient (Wildman–Crippen LogP) is 3.08. The molecule has 15 heavy (non-hydrogen) atoms. The first-order chi connectivity index (χ1) is 7.15. The van der Waals surface area contributed by atoms with Crippen LogP contribution in [0.3, 0.4) is 0 Å². The fourth-order valence-corrected chi connectivity index (χ4v) is 1.97. The van der Waals surface area contributed by atoms with E-state index >= 15 is 0 Å². The maximum atomic E-state index is 4.38. The number of hydrogen-bond donors (Lipinski definition) is 1. The van der Waals surface area contributed by atoms with Crippen LogP contribution < -0.4 is 5.32 Å². The fraction of sp³-hybridized carbons (Fsp3) is 0.182. The van der Waals surface area contributed by atoms with Crippen LogP contribution in [0.2, 0.25) is 0 Å². The van der Waals surface area contributed by atoms with Gasteiger partial charge in [0.2, 0.25) is 5.95 Å². The Bertz CT molecular complexity index is 476. The van der Waals surface area contributed by atoms with Crippen molar-refractivity contribution >= 4 is 34.2 Å². The van der Waals surface area contributed by atoms with E-state index in [1.165, 1.54) is 3.57 Å². The second-order valence-corrected chi connectivity index (χ2v) is 4.70. The zero-order valence-corrected chi connectivity index (χ0v) is 10.8. The Morgan fingerprint density at radius 3 is 2.80 bits per heavy atom. The molecule has 0 aliphatic heterocycles. The first kappa shape index (κ1) is 10.5. The molecular formula is C11H12IN3. The van der Waals surface area contributed by atoms with Crippen molar-refractivity contribution in [3.8, 4) is 0 Å². The molecule has 0 saturated carbocycles. The molecule has 0 saturated heterocycles. The number of rotatable bonds is 2. The lowest BCUT2D eigenvalue weighted by molar-refractivity contribution is 0.923. The molecule has 1 aromatic carbocycles. The zero-order valence-electron chi connectivity index (χ0n) is 8.66. The van der Waals surface area contributed by atoms with Gasteiger partial charge < -0.3 is 9.88 Å². The summed E-state index contributed by atoms with van der Waals surface area (Å²) >= 11 is 2.29. The molecule has 1 aromatic heterocycles. The Morgan fingerprint density at radius 2 is 2.20 bits per heavy atom. The lowest BCUT2D eigenvalue weighted by Gasteiger charge is -2.05. The quantitative estimate of drug-likeness (QED) is 0.864. The van der Waals surface area contributed by atoms with Gasteiger partial charge in [-0.3, -0.25) is 0 Å². The molecule has 1 N–H and O–H groups in total. The minimum atomic E-state index is 0.870. The molecule has 0 radical (unpaired) electrons. The Hall–Kier alpha value is -1.04. The van der Waals surface area contributed by atoms with Gasteiger partial charge in [-0.25, -0.2) is 4.98 Å². The van der Waals surface area contributed by atoms with Gasteiger partial charge >= 0.3 is 0 Å². The van der Waals surface area contributed by atoms with E-state index in [1.54, 1.807) is 0 Å². The van der Waals surface area contributed by atoms with Crippen molar-refractivity contribution in [2.45, 2.75) is 6.92 Å². The van der Waals surface area contributed by atoms with Crippen LogP contribution in [-0.2, 0) is 7.05 Å². The Morgan fingerprint density at radius 1 is 1.40 bits per heavy atom. The van der Waals surface area contributed by atoms with Gasteiger partial charge in [-0.15, -0.1) is 0 Å². The van der Waals surface area contributed by atoms with Crippen molar-refractivity contribution in [2.24, 2.45) is 7.05 Å². The van der Waals surface area contributed by atoms with Crippen LogP contribution in [0.1, 0.15) is 5.69 Å². The number of halogens is 1. The minimum absolute atomic E-state index is 0.870. The maximum absolute atomic E-state index is 4.38. The molecule has 0 fully saturated rings. The van der Waals surface area contributed by atoms with E-state index in [9.17, 15) is 0 Å². The van der Waals surface area contributed by atoms with Crippen molar-refractivity contribution < 1.29 is 0 Å². The molecule has 0 aliphatic carbocycles. The van der Waals surface area contributed by atoms with E-state index < -0.39 is 0 Å². The highest BCUT2D eigenvalue weighted by molar-refractivity contribution is 14.1. The minimum Gasteiger partial charge on any atom is -0.326 e. The standard InChI is InChI=1S/C11H12IN3/c1-8-7-15(2)11(13-8)14-10-5-3-4-9(12)6-10/h3-7H,1-2H3,(H,13,14). The van der Waals surface area contributed by atoms with Gasteiger partial charge in [0.05, 0.1) is 5.69 Å². The summed E-state index contributed by atoms with van der Waals surface area (Å²) in [4.78, 5) is 4.38. The average Bonchev–Trinajstić information content (AvgIpc) is 2.45. The Kier molecular flexibility index (Phi) is 2.95. The summed E-state index contributed by atoms with van der Waals surface area (Å²) in [6.45, 7) is 1.99. The molecule has 2 rings (SSSR count). The third-order valence-electron chi connectivity index (χ3n) is 2.08. The number of aromatic nitrogens is 2. The van der Waals surface area contributed by atoms with E-state index in [-0.39, 0.29) is 0 Å². The fourth-order valence-electron chi connectivity index (χ4n) is 1.43. The third kappa shape index (κ3) is 2.50. The lowest BCUT2D eigenvalue weighted by Crippen LogP contribution is -1.98. The largest absolute Gasteiger partial charge is 0.326 e. The summed E-state index contributed by atoms with van der Waals surface area (Å²) in [7, 11) is 1.98. The molecule has 3 nitrogen and oxygen atoms in total. The number of nitrogens with zero attached hydrogens (tertiary/aromatic N) is 2. The first-order valence-electron chi connectivity index (χ1n) is 4.68. The molecule has 0 amide bonds. The normalized spacial score (nSPS) is 10.3. The van der Waals surface area contributed by atoms with Crippen molar-refractivity contribution in [2.75, 3.05) is 5.32 Å². The van der Waals surface area contributed by atoms with Gasteiger partial charge in [0.1, 0.15) is 0 Å². The van der Waals surface area contributed by atoms with Crippen molar-refractivity contribution in [1.82, 2.24) is 9.55 Å². The Labute approximate surface area is 103 Å². The highest BCUT2D eigenvalue weighted by Gasteiger charge is 2.02. The molecular weight excluding hydrogens is 301 g/mol. The highest BCUT2D eigenvalue weighted by Crippen LogP contribution is 2.17.